The fourth-order valence-corrected chi connectivity index (χ4v) is 2.96. The van der Waals surface area contributed by atoms with E-state index in [0.29, 0.717) is 6.42 Å². The van der Waals surface area contributed by atoms with E-state index >= 15 is 0 Å². The molecule has 0 amide bonds. The molecule has 1 aromatic heterocycles. The van der Waals surface area contributed by atoms with Crippen LogP contribution in [0.1, 0.15) is 43.1 Å². The number of hydrogen-bond donors (Lipinski definition) is 2. The Labute approximate surface area is 123 Å². The van der Waals surface area contributed by atoms with Crippen molar-refractivity contribution in [2.75, 3.05) is 0 Å². The van der Waals surface area contributed by atoms with Crippen molar-refractivity contribution in [3.63, 3.8) is 0 Å². The Kier molecular flexibility index (Phi) is 4.52. The van der Waals surface area contributed by atoms with Gasteiger partial charge in [0.15, 0.2) is 0 Å². The zero-order valence-electron chi connectivity index (χ0n) is 12.0. The summed E-state index contributed by atoms with van der Waals surface area (Å²) in [5.41, 5.74) is 4.88. The number of thiazole rings is 1. The van der Waals surface area contributed by atoms with E-state index in [1.54, 1.807) is 23.5 Å². The highest BCUT2D eigenvalue weighted by Crippen LogP contribution is 2.26. The first-order chi connectivity index (χ1) is 9.40. The van der Waals surface area contributed by atoms with Gasteiger partial charge in [-0.3, -0.25) is 11.3 Å². The van der Waals surface area contributed by atoms with Crippen LogP contribution in [0.25, 0.3) is 0 Å². The summed E-state index contributed by atoms with van der Waals surface area (Å²) in [5, 5.41) is 3.12. The number of hydrogen-bond acceptors (Lipinski definition) is 4. The summed E-state index contributed by atoms with van der Waals surface area (Å²) in [5.74, 6) is 5.37. The summed E-state index contributed by atoms with van der Waals surface area (Å²) in [7, 11) is 0. The van der Waals surface area contributed by atoms with E-state index in [1.807, 2.05) is 0 Å². The van der Waals surface area contributed by atoms with Crippen molar-refractivity contribution < 1.29 is 4.39 Å². The summed E-state index contributed by atoms with van der Waals surface area (Å²) >= 11 is 1.64. The quantitative estimate of drug-likeness (QED) is 0.671. The first-order valence-electron chi connectivity index (χ1n) is 6.56. The molecule has 0 bridgehead atoms. The highest BCUT2D eigenvalue weighted by atomic mass is 32.1. The number of nitrogens with zero attached hydrogens (tertiary/aromatic N) is 1. The van der Waals surface area contributed by atoms with E-state index in [-0.39, 0.29) is 17.3 Å². The van der Waals surface area contributed by atoms with Crippen LogP contribution in [0.15, 0.2) is 29.6 Å². The third-order valence-electron chi connectivity index (χ3n) is 3.17. The first-order valence-corrected chi connectivity index (χ1v) is 7.44. The summed E-state index contributed by atoms with van der Waals surface area (Å²) in [6, 6.07) is 6.33. The van der Waals surface area contributed by atoms with Crippen molar-refractivity contribution in [1.29, 1.82) is 0 Å². The normalized spacial score (nSPS) is 13.4. The third-order valence-corrected chi connectivity index (χ3v) is 4.04. The van der Waals surface area contributed by atoms with E-state index < -0.39 is 0 Å². The molecule has 0 radical (unpaired) electrons. The number of nitrogens with one attached hydrogen (secondary N) is 1. The second-order valence-corrected chi connectivity index (χ2v) is 6.79. The molecule has 2 rings (SSSR count). The molecule has 20 heavy (non-hydrogen) atoms. The van der Waals surface area contributed by atoms with E-state index in [1.165, 1.54) is 12.1 Å². The van der Waals surface area contributed by atoms with Crippen molar-refractivity contribution >= 4 is 11.3 Å². The summed E-state index contributed by atoms with van der Waals surface area (Å²) in [6.45, 7) is 6.43. The van der Waals surface area contributed by atoms with Gasteiger partial charge in [0.25, 0.3) is 0 Å². The fraction of sp³-hybridized carbons (Fsp3) is 0.400. The van der Waals surface area contributed by atoms with E-state index in [2.05, 4.69) is 36.6 Å². The molecule has 5 heteroatoms. The molecule has 0 saturated carbocycles. The average Bonchev–Trinajstić information content (AvgIpc) is 2.85. The largest absolute Gasteiger partial charge is 0.271 e. The van der Waals surface area contributed by atoms with Crippen molar-refractivity contribution in [3.05, 3.63) is 51.7 Å². The van der Waals surface area contributed by atoms with Gasteiger partial charge in [-0.05, 0) is 17.7 Å². The molecule has 1 unspecified atom stereocenters. The third kappa shape index (κ3) is 3.62. The minimum atomic E-state index is -0.242. The Bertz CT molecular complexity index is 557. The molecule has 0 aliphatic rings. The van der Waals surface area contributed by atoms with Crippen LogP contribution in [0.2, 0.25) is 0 Å². The predicted octanol–water partition coefficient (Wildman–Crippen LogP) is 3.33. The SMILES string of the molecule is CC(C)(C)c1csc(CC(NN)c2ccc(F)cc2)n1. The van der Waals surface area contributed by atoms with E-state index in [0.717, 1.165) is 16.3 Å². The molecule has 3 nitrogen and oxygen atoms in total. The maximum atomic E-state index is 13.0. The number of nitrogens with two attached hydrogens (primary N) is 1. The summed E-state index contributed by atoms with van der Waals surface area (Å²) in [6.07, 6.45) is 0.697. The Hall–Kier alpha value is -1.30. The molecule has 0 spiro atoms. The van der Waals surface area contributed by atoms with Crippen LogP contribution >= 0.6 is 11.3 Å². The molecular formula is C15H20FN3S. The molecule has 2 aromatic rings. The topological polar surface area (TPSA) is 50.9 Å². The van der Waals surface area contributed by atoms with Crippen molar-refractivity contribution in [3.8, 4) is 0 Å². The van der Waals surface area contributed by atoms with Gasteiger partial charge in [0, 0.05) is 17.2 Å². The number of rotatable bonds is 4. The van der Waals surface area contributed by atoms with Crippen LogP contribution in [0.5, 0.6) is 0 Å². The second-order valence-electron chi connectivity index (χ2n) is 5.85. The van der Waals surface area contributed by atoms with Crippen LogP contribution in [-0.4, -0.2) is 4.98 Å². The van der Waals surface area contributed by atoms with Gasteiger partial charge < -0.3 is 0 Å². The standard InChI is InChI=1S/C15H20FN3S/c1-15(2,3)13-9-20-14(18-13)8-12(19-17)10-4-6-11(16)7-5-10/h4-7,9,12,19H,8,17H2,1-3H3. The number of benzene rings is 1. The lowest BCUT2D eigenvalue weighted by Crippen LogP contribution is -2.29. The van der Waals surface area contributed by atoms with Crippen LogP contribution in [0.3, 0.4) is 0 Å². The molecule has 0 aliphatic carbocycles. The fourth-order valence-electron chi connectivity index (χ4n) is 1.89. The zero-order chi connectivity index (χ0) is 14.8. The molecule has 1 aromatic carbocycles. The lowest BCUT2D eigenvalue weighted by Gasteiger charge is -2.16. The monoisotopic (exact) mass is 293 g/mol. The lowest BCUT2D eigenvalue weighted by atomic mass is 9.93. The predicted molar refractivity (Wildman–Crippen MR) is 81.0 cm³/mol. The van der Waals surface area contributed by atoms with E-state index in [4.69, 9.17) is 5.84 Å². The Morgan fingerprint density at radius 3 is 2.45 bits per heavy atom. The smallest absolute Gasteiger partial charge is 0.123 e. The maximum Gasteiger partial charge on any atom is 0.123 e. The number of aromatic nitrogens is 1. The molecule has 1 heterocycles. The van der Waals surface area contributed by atoms with Crippen molar-refractivity contribution in [2.24, 2.45) is 5.84 Å². The number of hydrazine groups is 1. The van der Waals surface area contributed by atoms with Gasteiger partial charge in [-0.15, -0.1) is 11.3 Å². The summed E-state index contributed by atoms with van der Waals surface area (Å²) in [4.78, 5) is 4.66. The maximum absolute atomic E-state index is 13.0. The highest BCUT2D eigenvalue weighted by molar-refractivity contribution is 7.09. The highest BCUT2D eigenvalue weighted by Gasteiger charge is 2.19. The minimum absolute atomic E-state index is 0.0519. The van der Waals surface area contributed by atoms with Gasteiger partial charge in [0.2, 0.25) is 0 Å². The van der Waals surface area contributed by atoms with E-state index in [9.17, 15) is 4.39 Å². The molecule has 1 atom stereocenters. The summed E-state index contributed by atoms with van der Waals surface area (Å²) < 4.78 is 13.0. The van der Waals surface area contributed by atoms with Crippen LogP contribution < -0.4 is 11.3 Å². The Morgan fingerprint density at radius 1 is 1.30 bits per heavy atom. The first kappa shape index (κ1) is 15.1. The van der Waals surface area contributed by atoms with Crippen LogP contribution in [-0.2, 0) is 11.8 Å². The molecular weight excluding hydrogens is 273 g/mol. The molecule has 0 fully saturated rings. The molecule has 3 N–H and O–H groups in total. The van der Waals surface area contributed by atoms with Crippen molar-refractivity contribution in [1.82, 2.24) is 10.4 Å². The van der Waals surface area contributed by atoms with Crippen LogP contribution in [0.4, 0.5) is 4.39 Å². The molecule has 108 valence electrons. The van der Waals surface area contributed by atoms with Gasteiger partial charge in [0.05, 0.1) is 16.7 Å². The van der Waals surface area contributed by atoms with Gasteiger partial charge >= 0.3 is 0 Å². The average molecular weight is 293 g/mol. The Balaban J connectivity index is 2.14. The molecule has 0 saturated heterocycles. The van der Waals surface area contributed by atoms with Crippen molar-refractivity contribution in [2.45, 2.75) is 38.6 Å². The van der Waals surface area contributed by atoms with Gasteiger partial charge in [-0.25, -0.2) is 9.37 Å². The Morgan fingerprint density at radius 2 is 1.95 bits per heavy atom. The van der Waals surface area contributed by atoms with Gasteiger partial charge in [-0.1, -0.05) is 32.9 Å². The van der Waals surface area contributed by atoms with Gasteiger partial charge in [-0.2, -0.15) is 0 Å². The molecule has 0 aliphatic heterocycles. The minimum Gasteiger partial charge on any atom is -0.271 e. The lowest BCUT2D eigenvalue weighted by molar-refractivity contribution is 0.539. The second kappa shape index (κ2) is 5.99. The van der Waals surface area contributed by atoms with Crippen LogP contribution in [0, 0.1) is 5.82 Å². The zero-order valence-corrected chi connectivity index (χ0v) is 12.8. The van der Waals surface area contributed by atoms with Gasteiger partial charge in [0.1, 0.15) is 5.82 Å². The number of halogens is 1.